The molecule has 0 amide bonds. The van der Waals surface area contributed by atoms with Crippen molar-refractivity contribution >= 4 is 11.8 Å². The summed E-state index contributed by atoms with van der Waals surface area (Å²) >= 11 is 1.73. The number of rotatable bonds is 6. The first-order valence-corrected chi connectivity index (χ1v) is 6.24. The van der Waals surface area contributed by atoms with E-state index in [-0.39, 0.29) is 0 Å². The summed E-state index contributed by atoms with van der Waals surface area (Å²) in [4.78, 5) is 1.12. The quantitative estimate of drug-likeness (QED) is 0.613. The number of methoxy groups -OCH3 is 2. The van der Waals surface area contributed by atoms with E-state index in [1.807, 2.05) is 18.2 Å². The molecule has 0 aromatic heterocycles. The summed E-state index contributed by atoms with van der Waals surface area (Å²) in [5, 5.41) is 3.35. The highest BCUT2D eigenvalue weighted by atomic mass is 32.2. The molecule has 90 valence electrons. The van der Waals surface area contributed by atoms with Crippen molar-refractivity contribution in [3.63, 3.8) is 0 Å². The number of thioether (sulfide) groups is 1. The van der Waals surface area contributed by atoms with Crippen molar-refractivity contribution < 1.29 is 9.47 Å². The molecule has 0 unspecified atom stereocenters. The fourth-order valence-corrected chi connectivity index (χ4v) is 2.20. The van der Waals surface area contributed by atoms with Gasteiger partial charge in [0.15, 0.2) is 0 Å². The molecule has 0 aliphatic heterocycles. The van der Waals surface area contributed by atoms with Crippen LogP contribution in [0.15, 0.2) is 23.1 Å². The van der Waals surface area contributed by atoms with Gasteiger partial charge in [0.2, 0.25) is 0 Å². The highest BCUT2D eigenvalue weighted by Crippen LogP contribution is 2.32. The number of hydrogen-bond donors (Lipinski definition) is 1. The molecule has 0 aliphatic rings. The minimum Gasteiger partial charge on any atom is -0.497 e. The Morgan fingerprint density at radius 3 is 2.56 bits per heavy atom. The van der Waals surface area contributed by atoms with Gasteiger partial charge in [-0.3, -0.25) is 0 Å². The summed E-state index contributed by atoms with van der Waals surface area (Å²) in [6.07, 6.45) is 0. The number of nitrogens with one attached hydrogen (secondary N) is 1. The Morgan fingerprint density at radius 2 is 2.00 bits per heavy atom. The average Bonchev–Trinajstić information content (AvgIpc) is 2.29. The van der Waals surface area contributed by atoms with Crippen molar-refractivity contribution in [1.82, 2.24) is 5.32 Å². The Bertz CT molecular complexity index is 329. The lowest BCUT2D eigenvalue weighted by molar-refractivity contribution is 0.387. The second-order valence-electron chi connectivity index (χ2n) is 3.66. The van der Waals surface area contributed by atoms with Gasteiger partial charge in [0.1, 0.15) is 11.5 Å². The summed E-state index contributed by atoms with van der Waals surface area (Å²) in [6, 6.07) is 6.36. The van der Waals surface area contributed by atoms with E-state index < -0.39 is 0 Å². The first-order valence-electron chi connectivity index (χ1n) is 5.25. The molecule has 0 fully saturated rings. The van der Waals surface area contributed by atoms with E-state index in [1.54, 1.807) is 26.0 Å². The van der Waals surface area contributed by atoms with Crippen LogP contribution in [0.2, 0.25) is 0 Å². The summed E-state index contributed by atoms with van der Waals surface area (Å²) in [5.41, 5.74) is 0. The van der Waals surface area contributed by atoms with Gasteiger partial charge < -0.3 is 14.8 Å². The summed E-state index contributed by atoms with van der Waals surface area (Å²) < 4.78 is 10.5. The molecule has 0 spiro atoms. The van der Waals surface area contributed by atoms with Gasteiger partial charge in [-0.2, -0.15) is 0 Å². The topological polar surface area (TPSA) is 30.5 Å². The molecule has 0 aliphatic carbocycles. The Morgan fingerprint density at radius 1 is 1.25 bits per heavy atom. The Balaban J connectivity index is 2.64. The van der Waals surface area contributed by atoms with Crippen LogP contribution < -0.4 is 14.8 Å². The maximum Gasteiger partial charge on any atom is 0.136 e. The molecule has 1 rings (SSSR count). The van der Waals surface area contributed by atoms with Crippen molar-refractivity contribution in [2.75, 3.05) is 20.1 Å². The minimum atomic E-state index is 0.497. The molecule has 0 saturated carbocycles. The van der Waals surface area contributed by atoms with Crippen LogP contribution in [0.4, 0.5) is 0 Å². The van der Waals surface area contributed by atoms with E-state index in [1.165, 1.54) is 0 Å². The summed E-state index contributed by atoms with van der Waals surface area (Å²) in [5.74, 6) is 2.55. The van der Waals surface area contributed by atoms with Crippen LogP contribution in [0, 0.1) is 0 Å². The first kappa shape index (κ1) is 13.2. The maximum atomic E-state index is 5.32. The van der Waals surface area contributed by atoms with E-state index in [0.29, 0.717) is 6.04 Å². The number of benzene rings is 1. The van der Waals surface area contributed by atoms with Crippen LogP contribution in [0.5, 0.6) is 11.5 Å². The Labute approximate surface area is 102 Å². The smallest absolute Gasteiger partial charge is 0.136 e. The van der Waals surface area contributed by atoms with Crippen LogP contribution in [0.25, 0.3) is 0 Å². The lowest BCUT2D eigenvalue weighted by Crippen LogP contribution is -2.21. The zero-order valence-electron chi connectivity index (χ0n) is 10.2. The molecule has 1 aromatic carbocycles. The summed E-state index contributed by atoms with van der Waals surface area (Å²) in [7, 11) is 3.33. The minimum absolute atomic E-state index is 0.497. The molecule has 16 heavy (non-hydrogen) atoms. The second-order valence-corrected chi connectivity index (χ2v) is 4.68. The number of hydrogen-bond acceptors (Lipinski definition) is 4. The highest BCUT2D eigenvalue weighted by molar-refractivity contribution is 7.99. The van der Waals surface area contributed by atoms with E-state index in [2.05, 4.69) is 19.2 Å². The van der Waals surface area contributed by atoms with Gasteiger partial charge in [-0.05, 0) is 12.1 Å². The Kier molecular flexibility index (Phi) is 5.49. The average molecular weight is 241 g/mol. The molecular weight excluding hydrogens is 222 g/mol. The SMILES string of the molecule is COc1ccc(SCNC(C)C)c(OC)c1. The Hall–Kier alpha value is -0.870. The fourth-order valence-electron chi connectivity index (χ4n) is 1.18. The largest absolute Gasteiger partial charge is 0.497 e. The first-order chi connectivity index (χ1) is 7.67. The number of ether oxygens (including phenoxy) is 2. The molecule has 3 nitrogen and oxygen atoms in total. The molecule has 0 saturated heterocycles. The molecule has 1 aromatic rings. The molecule has 0 radical (unpaired) electrons. The standard InChI is InChI=1S/C12H19NO2S/c1-9(2)13-8-16-12-6-5-10(14-3)7-11(12)15-4/h5-7,9,13H,8H2,1-4H3. The van der Waals surface area contributed by atoms with Gasteiger partial charge in [-0.25, -0.2) is 0 Å². The van der Waals surface area contributed by atoms with Gasteiger partial charge in [0.05, 0.1) is 19.1 Å². The van der Waals surface area contributed by atoms with Crippen molar-refractivity contribution in [3.8, 4) is 11.5 Å². The van der Waals surface area contributed by atoms with Gasteiger partial charge in [-0.15, -0.1) is 11.8 Å². The van der Waals surface area contributed by atoms with E-state index in [4.69, 9.17) is 9.47 Å². The molecule has 1 N–H and O–H groups in total. The molecule has 4 heteroatoms. The molecule has 0 bridgehead atoms. The third-order valence-corrected chi connectivity index (χ3v) is 3.05. The fraction of sp³-hybridized carbons (Fsp3) is 0.500. The zero-order chi connectivity index (χ0) is 12.0. The van der Waals surface area contributed by atoms with E-state index in [9.17, 15) is 0 Å². The van der Waals surface area contributed by atoms with E-state index in [0.717, 1.165) is 22.3 Å². The zero-order valence-corrected chi connectivity index (χ0v) is 11.1. The van der Waals surface area contributed by atoms with Crippen LogP contribution in [-0.2, 0) is 0 Å². The third kappa shape index (κ3) is 3.94. The van der Waals surface area contributed by atoms with Gasteiger partial charge >= 0.3 is 0 Å². The predicted molar refractivity (Wildman–Crippen MR) is 68.5 cm³/mol. The lowest BCUT2D eigenvalue weighted by Gasteiger charge is -2.11. The highest BCUT2D eigenvalue weighted by Gasteiger charge is 2.05. The van der Waals surface area contributed by atoms with Crippen molar-refractivity contribution in [2.45, 2.75) is 24.8 Å². The molecule has 0 atom stereocenters. The van der Waals surface area contributed by atoms with Crippen LogP contribution in [0.1, 0.15) is 13.8 Å². The van der Waals surface area contributed by atoms with Crippen molar-refractivity contribution in [1.29, 1.82) is 0 Å². The van der Waals surface area contributed by atoms with Crippen molar-refractivity contribution in [3.05, 3.63) is 18.2 Å². The van der Waals surface area contributed by atoms with Crippen LogP contribution in [-0.4, -0.2) is 26.1 Å². The monoisotopic (exact) mass is 241 g/mol. The van der Waals surface area contributed by atoms with Crippen LogP contribution >= 0.6 is 11.8 Å². The van der Waals surface area contributed by atoms with Gasteiger partial charge in [0.25, 0.3) is 0 Å². The van der Waals surface area contributed by atoms with Gasteiger partial charge in [0, 0.05) is 18.0 Å². The van der Waals surface area contributed by atoms with Gasteiger partial charge in [-0.1, -0.05) is 13.8 Å². The molecular formula is C12H19NO2S. The second kappa shape index (κ2) is 6.66. The van der Waals surface area contributed by atoms with Crippen molar-refractivity contribution in [2.24, 2.45) is 0 Å². The predicted octanol–water partition coefficient (Wildman–Crippen LogP) is 2.75. The van der Waals surface area contributed by atoms with Crippen LogP contribution in [0.3, 0.4) is 0 Å². The lowest BCUT2D eigenvalue weighted by atomic mass is 10.3. The van der Waals surface area contributed by atoms with E-state index >= 15 is 0 Å². The molecule has 0 heterocycles. The third-order valence-electron chi connectivity index (χ3n) is 2.09. The summed E-state index contributed by atoms with van der Waals surface area (Å²) in [6.45, 7) is 4.26. The normalized spacial score (nSPS) is 10.6. The maximum absolute atomic E-state index is 5.32.